The van der Waals surface area contributed by atoms with Crippen molar-refractivity contribution in [3.63, 3.8) is 0 Å². The van der Waals surface area contributed by atoms with Gasteiger partial charge < -0.3 is 5.32 Å². The van der Waals surface area contributed by atoms with Gasteiger partial charge in [-0.15, -0.1) is 0 Å². The Bertz CT molecular complexity index is 1370. The van der Waals surface area contributed by atoms with E-state index < -0.39 is 0 Å². The zero-order valence-corrected chi connectivity index (χ0v) is 18.3. The van der Waals surface area contributed by atoms with Gasteiger partial charge in [-0.25, -0.2) is 4.98 Å². The first-order valence-electron chi connectivity index (χ1n) is 11.0. The molecule has 2 aromatic carbocycles. The normalized spacial score (nSPS) is 15.5. The van der Waals surface area contributed by atoms with Gasteiger partial charge in [0.1, 0.15) is 12.9 Å². The monoisotopic (exact) mass is 426 g/mol. The lowest BCUT2D eigenvalue weighted by Crippen LogP contribution is -2.36. The highest BCUT2D eigenvalue weighted by atomic mass is 16.2. The van der Waals surface area contributed by atoms with E-state index in [2.05, 4.69) is 22.4 Å². The number of carbonyl (C=O) groups excluding carboxylic acids is 1. The molecule has 5 rings (SSSR count). The molecule has 1 aliphatic carbocycles. The summed E-state index contributed by atoms with van der Waals surface area (Å²) in [7, 11) is 0. The minimum Gasteiger partial charge on any atom is -0.348 e. The van der Waals surface area contributed by atoms with Crippen molar-refractivity contribution in [3.8, 4) is 5.69 Å². The Kier molecular flexibility index (Phi) is 5.13. The highest BCUT2D eigenvalue weighted by Crippen LogP contribution is 2.29. The molecule has 2 heterocycles. The lowest BCUT2D eigenvalue weighted by Gasteiger charge is -2.26. The van der Waals surface area contributed by atoms with Crippen molar-refractivity contribution in [3.05, 3.63) is 93.7 Å². The number of hydrogen-bond donors (Lipinski definition) is 1. The Balaban J connectivity index is 1.45. The molecule has 162 valence electrons. The van der Waals surface area contributed by atoms with Crippen molar-refractivity contribution in [2.75, 3.05) is 0 Å². The summed E-state index contributed by atoms with van der Waals surface area (Å²) in [6.45, 7) is 3.88. The molecule has 1 amide bonds. The largest absolute Gasteiger partial charge is 0.348 e. The van der Waals surface area contributed by atoms with Crippen molar-refractivity contribution >= 4 is 16.9 Å². The van der Waals surface area contributed by atoms with Gasteiger partial charge in [0.05, 0.1) is 11.4 Å². The summed E-state index contributed by atoms with van der Waals surface area (Å²) < 4.78 is 3.41. The molecule has 2 aromatic heterocycles. The number of carbonyl (C=O) groups is 1. The molecule has 0 unspecified atom stereocenters. The summed E-state index contributed by atoms with van der Waals surface area (Å²) in [6.07, 6.45) is 4.48. The van der Waals surface area contributed by atoms with Crippen molar-refractivity contribution in [1.29, 1.82) is 0 Å². The van der Waals surface area contributed by atoms with Crippen LogP contribution in [0, 0.1) is 13.8 Å². The minimum atomic E-state index is -0.190. The van der Waals surface area contributed by atoms with E-state index in [9.17, 15) is 9.59 Å². The highest BCUT2D eigenvalue weighted by Gasteiger charge is 2.22. The van der Waals surface area contributed by atoms with Crippen LogP contribution in [0.25, 0.3) is 16.7 Å². The second kappa shape index (κ2) is 8.11. The number of aryl methyl sites for hydroxylation is 2. The molecule has 0 radical (unpaired) electrons. The van der Waals surface area contributed by atoms with Crippen LogP contribution in [-0.4, -0.2) is 20.0 Å². The molecule has 6 nitrogen and oxygen atoms in total. The number of amides is 1. The Morgan fingerprint density at radius 2 is 1.84 bits per heavy atom. The second-order valence-corrected chi connectivity index (χ2v) is 8.47. The van der Waals surface area contributed by atoms with Crippen molar-refractivity contribution in [2.45, 2.75) is 45.7 Å². The standard InChI is InChI=1S/C26H26N4O2/c1-17-18(2)30(20-11-4-3-5-12-20)25-24(17)26(32)29(16-27-25)15-23(31)28-22-14-8-10-19-9-6-7-13-21(19)22/h3-7,9,11-13,16,22H,8,10,14-15H2,1-2H3,(H,28,31)/t22-/m0/s1. The fraction of sp³-hybridized carbons (Fsp3) is 0.269. The van der Waals surface area contributed by atoms with Crippen LogP contribution < -0.4 is 10.9 Å². The molecule has 0 fully saturated rings. The number of fused-ring (bicyclic) bond motifs is 2. The first-order chi connectivity index (χ1) is 15.5. The average molecular weight is 427 g/mol. The van der Waals surface area contributed by atoms with Crippen LogP contribution in [0.5, 0.6) is 0 Å². The minimum absolute atomic E-state index is 0.0111. The van der Waals surface area contributed by atoms with Gasteiger partial charge in [-0.05, 0) is 61.9 Å². The smallest absolute Gasteiger partial charge is 0.263 e. The van der Waals surface area contributed by atoms with Crippen molar-refractivity contribution in [2.24, 2.45) is 0 Å². The van der Waals surface area contributed by atoms with Crippen LogP contribution in [0.2, 0.25) is 0 Å². The number of nitrogens with zero attached hydrogens (tertiary/aromatic N) is 3. The van der Waals surface area contributed by atoms with E-state index in [1.165, 1.54) is 22.0 Å². The molecular formula is C26H26N4O2. The maximum atomic E-state index is 13.3. The Hall–Kier alpha value is -3.67. The predicted octanol–water partition coefficient (Wildman–Crippen LogP) is 4.00. The van der Waals surface area contributed by atoms with Gasteiger partial charge in [0.2, 0.25) is 5.91 Å². The topological polar surface area (TPSA) is 68.9 Å². The maximum absolute atomic E-state index is 13.3. The zero-order chi connectivity index (χ0) is 22.2. The Morgan fingerprint density at radius 1 is 1.09 bits per heavy atom. The molecule has 1 atom stereocenters. The van der Waals surface area contributed by atoms with Crippen LogP contribution >= 0.6 is 0 Å². The van der Waals surface area contributed by atoms with Crippen molar-refractivity contribution < 1.29 is 4.79 Å². The molecule has 0 saturated carbocycles. The molecule has 32 heavy (non-hydrogen) atoms. The van der Waals surface area contributed by atoms with Gasteiger partial charge in [0.15, 0.2) is 5.65 Å². The average Bonchev–Trinajstić information content (AvgIpc) is 3.07. The molecule has 1 aliphatic rings. The van der Waals surface area contributed by atoms with Crippen LogP contribution in [0.3, 0.4) is 0 Å². The second-order valence-electron chi connectivity index (χ2n) is 8.47. The lowest BCUT2D eigenvalue weighted by molar-refractivity contribution is -0.122. The molecule has 0 saturated heterocycles. The number of benzene rings is 2. The third-order valence-electron chi connectivity index (χ3n) is 6.52. The SMILES string of the molecule is Cc1c(C)n(-c2ccccc2)c2ncn(CC(=O)N[C@H]3CCCc4ccccc43)c(=O)c12. The van der Waals surface area contributed by atoms with Gasteiger partial charge in [0, 0.05) is 11.4 Å². The molecule has 1 N–H and O–H groups in total. The maximum Gasteiger partial charge on any atom is 0.263 e. The quantitative estimate of drug-likeness (QED) is 0.536. The number of para-hydroxylation sites is 1. The number of hydrogen-bond acceptors (Lipinski definition) is 3. The van der Waals surface area contributed by atoms with Gasteiger partial charge in [-0.3, -0.25) is 18.7 Å². The van der Waals surface area contributed by atoms with Gasteiger partial charge in [-0.1, -0.05) is 42.5 Å². The molecule has 6 heteroatoms. The van der Waals surface area contributed by atoms with E-state index in [-0.39, 0.29) is 24.1 Å². The summed E-state index contributed by atoms with van der Waals surface area (Å²) in [4.78, 5) is 30.7. The van der Waals surface area contributed by atoms with Gasteiger partial charge >= 0.3 is 0 Å². The molecule has 0 spiro atoms. The number of aromatic nitrogens is 3. The third-order valence-corrected chi connectivity index (χ3v) is 6.52. The van der Waals surface area contributed by atoms with E-state index >= 15 is 0 Å². The van der Waals surface area contributed by atoms with Crippen molar-refractivity contribution in [1.82, 2.24) is 19.4 Å². The Labute approximate surface area is 186 Å². The number of rotatable bonds is 4. The summed E-state index contributed by atoms with van der Waals surface area (Å²) in [6, 6.07) is 18.1. The van der Waals surface area contributed by atoms with Crippen LogP contribution in [0.4, 0.5) is 0 Å². The van der Waals surface area contributed by atoms with E-state index in [0.29, 0.717) is 11.0 Å². The lowest BCUT2D eigenvalue weighted by atomic mass is 9.88. The molecule has 0 bridgehead atoms. The van der Waals surface area contributed by atoms with Crippen LogP contribution in [-0.2, 0) is 17.8 Å². The summed E-state index contributed by atoms with van der Waals surface area (Å²) in [5, 5.41) is 3.68. The van der Waals surface area contributed by atoms with E-state index in [1.807, 2.05) is 60.9 Å². The number of nitrogens with one attached hydrogen (secondary N) is 1. The molecule has 0 aliphatic heterocycles. The first kappa shape index (κ1) is 20.2. The summed E-state index contributed by atoms with van der Waals surface area (Å²) in [5.74, 6) is -0.174. The van der Waals surface area contributed by atoms with E-state index in [1.54, 1.807) is 0 Å². The summed E-state index contributed by atoms with van der Waals surface area (Å²) >= 11 is 0. The fourth-order valence-electron chi connectivity index (χ4n) is 4.79. The predicted molar refractivity (Wildman–Crippen MR) is 125 cm³/mol. The zero-order valence-electron chi connectivity index (χ0n) is 18.3. The molecular weight excluding hydrogens is 400 g/mol. The first-order valence-corrected chi connectivity index (χ1v) is 11.0. The van der Waals surface area contributed by atoms with E-state index in [4.69, 9.17) is 0 Å². The van der Waals surface area contributed by atoms with Gasteiger partial charge in [0.25, 0.3) is 5.56 Å². The summed E-state index contributed by atoms with van der Waals surface area (Å²) in [5.41, 5.74) is 5.71. The Morgan fingerprint density at radius 3 is 2.66 bits per heavy atom. The third kappa shape index (κ3) is 3.42. The highest BCUT2D eigenvalue weighted by molar-refractivity contribution is 5.83. The van der Waals surface area contributed by atoms with Gasteiger partial charge in [-0.2, -0.15) is 0 Å². The van der Waals surface area contributed by atoms with Crippen LogP contribution in [0.15, 0.2) is 65.7 Å². The fourth-order valence-corrected chi connectivity index (χ4v) is 4.79. The van der Waals surface area contributed by atoms with Crippen LogP contribution in [0.1, 0.15) is 41.3 Å². The van der Waals surface area contributed by atoms with E-state index in [0.717, 1.165) is 36.2 Å². The molecule has 4 aromatic rings.